The molecule has 0 spiro atoms. The molecule has 0 unspecified atom stereocenters. The number of anilines is 1. The van der Waals surface area contributed by atoms with Crippen molar-refractivity contribution in [3.8, 4) is 11.5 Å². The summed E-state index contributed by atoms with van der Waals surface area (Å²) in [5.74, 6) is -0.141. The molecule has 4 nitrogen and oxygen atoms in total. The van der Waals surface area contributed by atoms with E-state index in [4.69, 9.17) is 16.3 Å². The van der Waals surface area contributed by atoms with Gasteiger partial charge in [0.2, 0.25) is 0 Å². The molecule has 0 heterocycles. The Morgan fingerprint density at radius 1 is 1.30 bits per heavy atom. The quantitative estimate of drug-likeness (QED) is 0.871. The molecular weight excluding hydrogens is 346 g/mol. The summed E-state index contributed by atoms with van der Waals surface area (Å²) in [5.41, 5.74) is 0.600. The van der Waals surface area contributed by atoms with Crippen LogP contribution in [0.4, 0.5) is 5.69 Å². The van der Waals surface area contributed by atoms with Crippen molar-refractivity contribution in [3.05, 3.63) is 51.5 Å². The van der Waals surface area contributed by atoms with Gasteiger partial charge in [-0.25, -0.2) is 0 Å². The maximum Gasteiger partial charge on any atom is 0.259 e. The van der Waals surface area contributed by atoms with Gasteiger partial charge in [0.05, 0.1) is 23.4 Å². The van der Waals surface area contributed by atoms with Crippen molar-refractivity contribution in [1.82, 2.24) is 0 Å². The molecule has 0 aliphatic rings. The number of rotatable bonds is 3. The van der Waals surface area contributed by atoms with Crippen LogP contribution < -0.4 is 10.1 Å². The highest BCUT2D eigenvalue weighted by atomic mass is 79.9. The highest BCUT2D eigenvalue weighted by molar-refractivity contribution is 9.10. The maximum absolute atomic E-state index is 12.1. The van der Waals surface area contributed by atoms with E-state index in [1.165, 1.54) is 19.2 Å². The van der Waals surface area contributed by atoms with E-state index in [9.17, 15) is 9.90 Å². The van der Waals surface area contributed by atoms with Gasteiger partial charge in [-0.1, -0.05) is 27.5 Å². The van der Waals surface area contributed by atoms with Crippen LogP contribution in [0, 0.1) is 0 Å². The molecule has 2 aromatic rings. The molecule has 0 saturated carbocycles. The number of benzene rings is 2. The Kier molecular flexibility index (Phi) is 4.52. The number of hydrogen-bond donors (Lipinski definition) is 2. The minimum Gasteiger partial charge on any atom is -0.507 e. The fourth-order valence-corrected chi connectivity index (χ4v) is 2.14. The monoisotopic (exact) mass is 355 g/mol. The Morgan fingerprint density at radius 2 is 2.05 bits per heavy atom. The van der Waals surface area contributed by atoms with Gasteiger partial charge in [0.25, 0.3) is 5.91 Å². The molecule has 1 amide bonds. The molecule has 0 fully saturated rings. The van der Waals surface area contributed by atoms with Crippen LogP contribution in [0.25, 0.3) is 0 Å². The molecule has 0 aliphatic heterocycles. The van der Waals surface area contributed by atoms with E-state index in [1.54, 1.807) is 24.3 Å². The Morgan fingerprint density at radius 3 is 2.70 bits per heavy atom. The average Bonchev–Trinajstić information content (AvgIpc) is 2.42. The second-order valence-corrected chi connectivity index (χ2v) is 5.28. The molecule has 0 aliphatic carbocycles. The predicted octanol–water partition coefficient (Wildman–Crippen LogP) is 4.07. The molecule has 104 valence electrons. The number of nitrogens with one attached hydrogen (secondary N) is 1. The lowest BCUT2D eigenvalue weighted by atomic mass is 10.1. The van der Waals surface area contributed by atoms with Crippen LogP contribution in [0.5, 0.6) is 11.5 Å². The predicted molar refractivity (Wildman–Crippen MR) is 81.8 cm³/mol. The maximum atomic E-state index is 12.1. The third kappa shape index (κ3) is 3.23. The lowest BCUT2D eigenvalue weighted by molar-refractivity contribution is 0.102. The zero-order valence-corrected chi connectivity index (χ0v) is 12.8. The third-order valence-electron chi connectivity index (χ3n) is 2.63. The van der Waals surface area contributed by atoms with Gasteiger partial charge in [-0.3, -0.25) is 4.79 Å². The van der Waals surface area contributed by atoms with Crippen molar-refractivity contribution in [2.45, 2.75) is 0 Å². The SMILES string of the molecule is COc1ccc(C(=O)Nc2cc(Br)ccc2Cl)c(O)c1. The average molecular weight is 357 g/mol. The van der Waals surface area contributed by atoms with Crippen molar-refractivity contribution in [2.24, 2.45) is 0 Å². The summed E-state index contributed by atoms with van der Waals surface area (Å²) in [4.78, 5) is 12.1. The summed E-state index contributed by atoms with van der Waals surface area (Å²) in [6.45, 7) is 0. The van der Waals surface area contributed by atoms with E-state index in [1.807, 2.05) is 0 Å². The summed E-state index contributed by atoms with van der Waals surface area (Å²) < 4.78 is 5.75. The summed E-state index contributed by atoms with van der Waals surface area (Å²) in [7, 11) is 1.48. The standard InChI is InChI=1S/C14H11BrClNO3/c1-20-9-3-4-10(13(18)7-9)14(19)17-12-6-8(15)2-5-11(12)16/h2-7,18H,1H3,(H,17,19). The first kappa shape index (κ1) is 14.7. The summed E-state index contributed by atoms with van der Waals surface area (Å²) in [6, 6.07) is 9.56. The van der Waals surface area contributed by atoms with Gasteiger partial charge in [-0.2, -0.15) is 0 Å². The highest BCUT2D eigenvalue weighted by Gasteiger charge is 2.13. The molecule has 6 heteroatoms. The van der Waals surface area contributed by atoms with Gasteiger partial charge in [-0.15, -0.1) is 0 Å². The van der Waals surface area contributed by atoms with Crippen LogP contribution in [0.2, 0.25) is 5.02 Å². The van der Waals surface area contributed by atoms with Gasteiger partial charge >= 0.3 is 0 Å². The smallest absolute Gasteiger partial charge is 0.259 e. The Labute approximate surface area is 129 Å². The van der Waals surface area contributed by atoms with E-state index >= 15 is 0 Å². The molecule has 20 heavy (non-hydrogen) atoms. The van der Waals surface area contributed by atoms with Crippen LogP contribution in [-0.2, 0) is 0 Å². The molecule has 0 bridgehead atoms. The van der Waals surface area contributed by atoms with Gasteiger partial charge in [-0.05, 0) is 30.3 Å². The van der Waals surface area contributed by atoms with Crippen LogP contribution in [0.3, 0.4) is 0 Å². The van der Waals surface area contributed by atoms with E-state index in [0.717, 1.165) is 4.47 Å². The van der Waals surface area contributed by atoms with E-state index in [0.29, 0.717) is 16.5 Å². The normalized spacial score (nSPS) is 10.2. The van der Waals surface area contributed by atoms with E-state index in [-0.39, 0.29) is 11.3 Å². The number of ether oxygens (including phenoxy) is 1. The molecular formula is C14H11BrClNO3. The summed E-state index contributed by atoms with van der Waals surface area (Å²) >= 11 is 9.30. The summed E-state index contributed by atoms with van der Waals surface area (Å²) in [5, 5.41) is 12.9. The molecule has 0 saturated heterocycles. The molecule has 0 aromatic heterocycles. The number of methoxy groups -OCH3 is 1. The number of phenolic OH excluding ortho intramolecular Hbond substituents is 1. The molecule has 2 aromatic carbocycles. The second-order valence-electron chi connectivity index (χ2n) is 3.96. The molecule has 2 rings (SSSR count). The van der Waals surface area contributed by atoms with Crippen molar-refractivity contribution in [1.29, 1.82) is 0 Å². The number of phenols is 1. The zero-order valence-electron chi connectivity index (χ0n) is 10.5. The van der Waals surface area contributed by atoms with Crippen LogP contribution in [0.1, 0.15) is 10.4 Å². The van der Waals surface area contributed by atoms with E-state index < -0.39 is 5.91 Å². The number of halogens is 2. The zero-order chi connectivity index (χ0) is 14.7. The first-order valence-electron chi connectivity index (χ1n) is 5.64. The number of hydrogen-bond acceptors (Lipinski definition) is 3. The molecule has 2 N–H and O–H groups in total. The first-order valence-corrected chi connectivity index (χ1v) is 6.82. The fraction of sp³-hybridized carbons (Fsp3) is 0.0714. The van der Waals surface area contributed by atoms with Crippen LogP contribution in [-0.4, -0.2) is 18.1 Å². The topological polar surface area (TPSA) is 58.6 Å². The van der Waals surface area contributed by atoms with Crippen molar-refractivity contribution in [3.63, 3.8) is 0 Å². The van der Waals surface area contributed by atoms with Crippen LogP contribution >= 0.6 is 27.5 Å². The minimum absolute atomic E-state index is 0.141. The van der Waals surface area contributed by atoms with Crippen molar-refractivity contribution >= 4 is 39.1 Å². The van der Waals surface area contributed by atoms with Gasteiger partial charge < -0.3 is 15.2 Å². The van der Waals surface area contributed by atoms with E-state index in [2.05, 4.69) is 21.2 Å². The largest absolute Gasteiger partial charge is 0.507 e. The summed E-state index contributed by atoms with van der Waals surface area (Å²) in [6.07, 6.45) is 0. The number of aromatic hydroxyl groups is 1. The highest BCUT2D eigenvalue weighted by Crippen LogP contribution is 2.28. The van der Waals surface area contributed by atoms with Gasteiger partial charge in [0, 0.05) is 10.5 Å². The number of carbonyl (C=O) groups excluding carboxylic acids is 1. The van der Waals surface area contributed by atoms with Crippen LogP contribution in [0.15, 0.2) is 40.9 Å². The third-order valence-corrected chi connectivity index (χ3v) is 3.45. The lowest BCUT2D eigenvalue weighted by Crippen LogP contribution is -2.12. The number of carbonyl (C=O) groups is 1. The minimum atomic E-state index is -0.454. The first-order chi connectivity index (χ1) is 9.51. The lowest BCUT2D eigenvalue weighted by Gasteiger charge is -2.09. The van der Waals surface area contributed by atoms with Gasteiger partial charge in [0.1, 0.15) is 11.5 Å². The number of amides is 1. The van der Waals surface area contributed by atoms with Crippen molar-refractivity contribution in [2.75, 3.05) is 12.4 Å². The Bertz CT molecular complexity index is 661. The molecule has 0 radical (unpaired) electrons. The molecule has 0 atom stereocenters. The second kappa shape index (κ2) is 6.15. The van der Waals surface area contributed by atoms with Gasteiger partial charge in [0.15, 0.2) is 0 Å². The fourth-order valence-electron chi connectivity index (χ4n) is 1.61. The van der Waals surface area contributed by atoms with Crippen molar-refractivity contribution < 1.29 is 14.6 Å². The Balaban J connectivity index is 2.26. The Hall–Kier alpha value is -1.72.